The number of nitrogens with zero attached hydrogens (tertiary/aromatic N) is 2. The summed E-state index contributed by atoms with van der Waals surface area (Å²) in [6.07, 6.45) is 2.02. The molecule has 0 aliphatic rings. The number of hydrogen-bond donors (Lipinski definition) is 0. The van der Waals surface area contributed by atoms with E-state index in [0.717, 1.165) is 11.3 Å². The van der Waals surface area contributed by atoms with Crippen LogP contribution < -0.4 is 0 Å². The molecule has 2 aromatic carbocycles. The third kappa shape index (κ3) is 5.79. The number of amides is 1. The van der Waals surface area contributed by atoms with Gasteiger partial charge in [-0.05, 0) is 53.9 Å². The first kappa shape index (κ1) is 21.8. The molecule has 1 heterocycles. The molecule has 3 aromatic rings. The Labute approximate surface area is 186 Å². The summed E-state index contributed by atoms with van der Waals surface area (Å²) in [5.74, 6) is 0.269. The second kappa shape index (κ2) is 9.71. The Kier molecular flexibility index (Phi) is 7.28. The van der Waals surface area contributed by atoms with Crippen LogP contribution in [0.1, 0.15) is 35.5 Å². The summed E-state index contributed by atoms with van der Waals surface area (Å²) < 4.78 is 2.14. The van der Waals surface area contributed by atoms with Crippen LogP contribution in [0.3, 0.4) is 0 Å². The molecule has 0 saturated heterocycles. The maximum Gasteiger partial charge on any atom is 0.254 e. The lowest BCUT2D eigenvalue weighted by Gasteiger charge is -2.26. The highest BCUT2D eigenvalue weighted by atomic mass is 35.5. The molecule has 0 saturated carbocycles. The van der Waals surface area contributed by atoms with E-state index < -0.39 is 0 Å². The predicted octanol–water partition coefficient (Wildman–Crippen LogP) is 6.80. The Hall–Kier alpha value is -1.94. The maximum absolute atomic E-state index is 13.2. The third-order valence-corrected chi connectivity index (χ3v) is 5.53. The van der Waals surface area contributed by atoms with Crippen LogP contribution in [0.15, 0.2) is 60.8 Å². The van der Waals surface area contributed by atoms with Crippen molar-refractivity contribution in [1.29, 1.82) is 0 Å². The summed E-state index contributed by atoms with van der Waals surface area (Å²) in [5, 5.41) is 1.54. The minimum Gasteiger partial charge on any atom is -0.345 e. The lowest BCUT2D eigenvalue weighted by molar-refractivity contribution is 0.0719. The van der Waals surface area contributed by atoms with Crippen molar-refractivity contribution in [3.63, 3.8) is 0 Å². The molecular weight excluding hydrogens is 427 g/mol. The van der Waals surface area contributed by atoms with Crippen molar-refractivity contribution in [1.82, 2.24) is 9.47 Å². The molecule has 0 spiro atoms. The SMILES string of the molecule is CC(C)CN(Cc1cccn1Cc1cccc(Cl)c1)C(=O)c1ccc(Cl)c(Cl)c1. The van der Waals surface area contributed by atoms with Crippen molar-refractivity contribution < 1.29 is 4.79 Å². The van der Waals surface area contributed by atoms with Crippen LogP contribution in [0.5, 0.6) is 0 Å². The van der Waals surface area contributed by atoms with Crippen molar-refractivity contribution in [2.24, 2.45) is 5.92 Å². The predicted molar refractivity (Wildman–Crippen MR) is 121 cm³/mol. The van der Waals surface area contributed by atoms with Gasteiger partial charge in [0.05, 0.1) is 16.6 Å². The number of aromatic nitrogens is 1. The standard InChI is InChI=1S/C23H23Cl3N2O/c1-16(2)13-28(23(29)18-8-9-21(25)22(26)12-18)15-20-7-4-10-27(20)14-17-5-3-6-19(24)11-17/h3-12,16H,13-15H2,1-2H3. The van der Waals surface area contributed by atoms with Gasteiger partial charge in [-0.15, -0.1) is 0 Å². The van der Waals surface area contributed by atoms with Crippen molar-refractivity contribution in [3.05, 3.63) is 92.7 Å². The molecule has 0 aliphatic carbocycles. The van der Waals surface area contributed by atoms with Crippen LogP contribution in [0.2, 0.25) is 15.1 Å². The highest BCUT2D eigenvalue weighted by Gasteiger charge is 2.19. The van der Waals surface area contributed by atoms with Crippen LogP contribution in [0.4, 0.5) is 0 Å². The van der Waals surface area contributed by atoms with E-state index in [1.807, 2.05) is 47.5 Å². The van der Waals surface area contributed by atoms with E-state index in [0.29, 0.717) is 46.2 Å². The molecule has 0 unspecified atom stereocenters. The fraction of sp³-hybridized carbons (Fsp3) is 0.261. The van der Waals surface area contributed by atoms with Gasteiger partial charge < -0.3 is 9.47 Å². The van der Waals surface area contributed by atoms with Crippen molar-refractivity contribution in [3.8, 4) is 0 Å². The second-order valence-corrected chi connectivity index (χ2v) is 8.72. The van der Waals surface area contributed by atoms with Crippen LogP contribution >= 0.6 is 34.8 Å². The maximum atomic E-state index is 13.2. The molecule has 6 heteroatoms. The van der Waals surface area contributed by atoms with Gasteiger partial charge in [0.1, 0.15) is 0 Å². The Bertz CT molecular complexity index is 997. The highest BCUT2D eigenvalue weighted by Crippen LogP contribution is 2.24. The lowest BCUT2D eigenvalue weighted by atomic mass is 10.1. The Morgan fingerprint density at radius 3 is 2.48 bits per heavy atom. The number of benzene rings is 2. The van der Waals surface area contributed by atoms with Crippen molar-refractivity contribution in [2.75, 3.05) is 6.54 Å². The van der Waals surface area contributed by atoms with Crippen LogP contribution in [0.25, 0.3) is 0 Å². The van der Waals surface area contributed by atoms with Gasteiger partial charge in [-0.1, -0.05) is 60.8 Å². The van der Waals surface area contributed by atoms with Crippen LogP contribution in [-0.2, 0) is 13.1 Å². The molecule has 3 nitrogen and oxygen atoms in total. The topological polar surface area (TPSA) is 25.2 Å². The molecule has 0 radical (unpaired) electrons. The first-order valence-corrected chi connectivity index (χ1v) is 10.6. The number of rotatable bonds is 7. The van der Waals surface area contributed by atoms with E-state index in [9.17, 15) is 4.79 Å². The van der Waals surface area contributed by atoms with Gasteiger partial charge in [-0.3, -0.25) is 4.79 Å². The highest BCUT2D eigenvalue weighted by molar-refractivity contribution is 6.42. The quantitative estimate of drug-likeness (QED) is 0.389. The van der Waals surface area contributed by atoms with Gasteiger partial charge in [-0.2, -0.15) is 0 Å². The molecule has 0 N–H and O–H groups in total. The molecule has 1 amide bonds. The van der Waals surface area contributed by atoms with Gasteiger partial charge in [-0.25, -0.2) is 0 Å². The molecule has 0 bridgehead atoms. The van der Waals surface area contributed by atoms with E-state index in [-0.39, 0.29) is 5.91 Å². The summed E-state index contributed by atoms with van der Waals surface area (Å²) in [6, 6.07) is 16.9. The monoisotopic (exact) mass is 448 g/mol. The molecule has 3 rings (SSSR count). The molecule has 152 valence electrons. The van der Waals surface area contributed by atoms with E-state index in [2.05, 4.69) is 18.4 Å². The zero-order chi connectivity index (χ0) is 21.0. The van der Waals surface area contributed by atoms with Crippen LogP contribution in [0, 0.1) is 5.92 Å². The zero-order valence-electron chi connectivity index (χ0n) is 16.4. The third-order valence-electron chi connectivity index (χ3n) is 4.56. The normalized spacial score (nSPS) is 11.1. The Balaban J connectivity index is 1.83. The largest absolute Gasteiger partial charge is 0.345 e. The summed E-state index contributed by atoms with van der Waals surface area (Å²) in [5.41, 5.74) is 2.70. The fourth-order valence-electron chi connectivity index (χ4n) is 3.25. The minimum atomic E-state index is -0.0622. The lowest BCUT2D eigenvalue weighted by Crippen LogP contribution is -2.34. The van der Waals surface area contributed by atoms with Crippen molar-refractivity contribution in [2.45, 2.75) is 26.9 Å². The van der Waals surface area contributed by atoms with Gasteiger partial charge >= 0.3 is 0 Å². The molecular formula is C23H23Cl3N2O. The average Bonchev–Trinajstić information content (AvgIpc) is 3.09. The first-order valence-electron chi connectivity index (χ1n) is 9.46. The number of carbonyl (C=O) groups is 1. The van der Waals surface area contributed by atoms with Crippen molar-refractivity contribution >= 4 is 40.7 Å². The van der Waals surface area contributed by atoms with Crippen LogP contribution in [-0.4, -0.2) is 21.9 Å². The zero-order valence-corrected chi connectivity index (χ0v) is 18.7. The van der Waals surface area contributed by atoms with E-state index in [1.165, 1.54) is 0 Å². The molecule has 0 atom stereocenters. The van der Waals surface area contributed by atoms with E-state index in [1.54, 1.807) is 18.2 Å². The molecule has 1 aromatic heterocycles. The fourth-order valence-corrected chi connectivity index (χ4v) is 3.76. The first-order chi connectivity index (χ1) is 13.8. The number of halogens is 3. The van der Waals surface area contributed by atoms with E-state index >= 15 is 0 Å². The minimum absolute atomic E-state index is 0.0622. The summed E-state index contributed by atoms with van der Waals surface area (Å²) in [6.45, 7) is 6.03. The Morgan fingerprint density at radius 1 is 1.00 bits per heavy atom. The van der Waals surface area contributed by atoms with Gasteiger partial charge in [0.25, 0.3) is 5.91 Å². The summed E-state index contributed by atoms with van der Waals surface area (Å²) >= 11 is 18.2. The van der Waals surface area contributed by atoms with Gasteiger partial charge in [0, 0.05) is 35.6 Å². The average molecular weight is 450 g/mol. The van der Waals surface area contributed by atoms with Gasteiger partial charge in [0.2, 0.25) is 0 Å². The second-order valence-electron chi connectivity index (χ2n) is 7.47. The molecule has 0 fully saturated rings. The number of carbonyl (C=O) groups excluding carboxylic acids is 1. The van der Waals surface area contributed by atoms with Gasteiger partial charge in [0.15, 0.2) is 0 Å². The molecule has 0 aliphatic heterocycles. The summed E-state index contributed by atoms with van der Waals surface area (Å²) in [7, 11) is 0. The summed E-state index contributed by atoms with van der Waals surface area (Å²) in [4.78, 5) is 15.0. The molecule has 29 heavy (non-hydrogen) atoms. The Morgan fingerprint density at radius 2 is 1.79 bits per heavy atom. The van der Waals surface area contributed by atoms with E-state index in [4.69, 9.17) is 34.8 Å². The number of hydrogen-bond acceptors (Lipinski definition) is 1. The smallest absolute Gasteiger partial charge is 0.254 e.